The van der Waals surface area contributed by atoms with Crippen molar-refractivity contribution >= 4 is 13.9 Å². The van der Waals surface area contributed by atoms with Crippen molar-refractivity contribution in [2.24, 2.45) is 0 Å². The van der Waals surface area contributed by atoms with Gasteiger partial charge < -0.3 is 0 Å². The highest BCUT2D eigenvalue weighted by atomic mass is 31.1. The van der Waals surface area contributed by atoms with Gasteiger partial charge in [-0.05, 0) is 26.5 Å². The number of hydrogen-bond donors (Lipinski definition) is 0. The maximum absolute atomic E-state index is 2.27. The fourth-order valence-corrected chi connectivity index (χ4v) is 2.48. The fourth-order valence-electron chi connectivity index (χ4n) is 1.46. The lowest BCUT2D eigenvalue weighted by molar-refractivity contribution is 0.659. The van der Waals surface area contributed by atoms with Crippen LogP contribution in [-0.2, 0) is 0 Å². The molecule has 0 spiro atoms. The molecule has 1 aromatic carbocycles. The molecule has 0 N–H and O–H groups in total. The molecule has 1 aromatic rings. The molecule has 0 aliphatic heterocycles. The Labute approximate surface area is 89.9 Å². The van der Waals surface area contributed by atoms with Crippen LogP contribution in [0.15, 0.2) is 30.3 Å². The van der Waals surface area contributed by atoms with E-state index in [9.17, 15) is 0 Å². The van der Waals surface area contributed by atoms with E-state index in [-0.39, 0.29) is 0 Å². The number of rotatable bonds is 7. The van der Waals surface area contributed by atoms with Crippen LogP contribution in [0, 0.1) is 0 Å². The second kappa shape index (κ2) is 8.00. The van der Waals surface area contributed by atoms with Gasteiger partial charge in [0.1, 0.15) is 0 Å². The summed E-state index contributed by atoms with van der Waals surface area (Å²) in [5.41, 5.74) is 0. The molecule has 0 saturated carbocycles. The SMILES string of the molecule is CCCCCCC[P]c1ccccc1. The zero-order valence-corrected chi connectivity index (χ0v) is 9.97. The van der Waals surface area contributed by atoms with Gasteiger partial charge in [0.05, 0.1) is 0 Å². The van der Waals surface area contributed by atoms with E-state index in [2.05, 4.69) is 37.3 Å². The van der Waals surface area contributed by atoms with E-state index in [0.29, 0.717) is 0 Å². The first-order valence-electron chi connectivity index (χ1n) is 5.66. The lowest BCUT2D eigenvalue weighted by atomic mass is 10.2. The zero-order valence-electron chi connectivity index (χ0n) is 9.08. The molecule has 0 bridgehead atoms. The average molecular weight is 207 g/mol. The smallest absolute Gasteiger partial charge is 0.0193 e. The number of hydrogen-bond acceptors (Lipinski definition) is 0. The molecule has 0 atom stereocenters. The van der Waals surface area contributed by atoms with E-state index in [1.807, 2.05) is 0 Å². The molecule has 0 amide bonds. The van der Waals surface area contributed by atoms with Crippen LogP contribution in [0.2, 0.25) is 0 Å². The molecule has 1 radical (unpaired) electrons. The van der Waals surface area contributed by atoms with Crippen LogP contribution in [0.5, 0.6) is 0 Å². The molecule has 14 heavy (non-hydrogen) atoms. The molecule has 0 saturated heterocycles. The minimum atomic E-state index is 1.33. The van der Waals surface area contributed by atoms with Crippen LogP contribution in [0.3, 0.4) is 0 Å². The minimum Gasteiger partial charge on any atom is -0.0654 e. The number of unbranched alkanes of at least 4 members (excludes halogenated alkanes) is 4. The summed E-state index contributed by atoms with van der Waals surface area (Å²) < 4.78 is 0. The Morgan fingerprint density at radius 1 is 0.929 bits per heavy atom. The lowest BCUT2D eigenvalue weighted by Crippen LogP contribution is -1.93. The van der Waals surface area contributed by atoms with Gasteiger partial charge >= 0.3 is 0 Å². The Bertz CT molecular complexity index is 218. The molecule has 0 heterocycles. The van der Waals surface area contributed by atoms with Crippen LogP contribution in [0.1, 0.15) is 39.0 Å². The topological polar surface area (TPSA) is 0 Å². The van der Waals surface area contributed by atoms with Gasteiger partial charge in [-0.2, -0.15) is 0 Å². The first kappa shape index (κ1) is 11.7. The quantitative estimate of drug-likeness (QED) is 0.463. The largest absolute Gasteiger partial charge is 0.0654 e. The summed E-state index contributed by atoms with van der Waals surface area (Å²) in [4.78, 5) is 0. The summed E-state index contributed by atoms with van der Waals surface area (Å²) in [5.74, 6) is 0. The van der Waals surface area contributed by atoms with Gasteiger partial charge in [-0.3, -0.25) is 0 Å². The van der Waals surface area contributed by atoms with Gasteiger partial charge in [0.2, 0.25) is 0 Å². The van der Waals surface area contributed by atoms with E-state index in [0.717, 1.165) is 0 Å². The second-order valence-electron chi connectivity index (χ2n) is 3.63. The highest BCUT2D eigenvalue weighted by molar-refractivity contribution is 7.47. The molecule has 1 rings (SSSR count). The third kappa shape index (κ3) is 5.40. The second-order valence-corrected chi connectivity index (χ2v) is 4.91. The molecule has 0 nitrogen and oxygen atoms in total. The van der Waals surface area contributed by atoms with E-state index in [1.165, 1.54) is 52.2 Å². The highest BCUT2D eigenvalue weighted by Crippen LogP contribution is 2.13. The summed E-state index contributed by atoms with van der Waals surface area (Å²) in [7, 11) is 1.50. The van der Waals surface area contributed by atoms with E-state index < -0.39 is 0 Å². The van der Waals surface area contributed by atoms with Crippen LogP contribution >= 0.6 is 8.58 Å². The summed E-state index contributed by atoms with van der Waals surface area (Å²) in [6.45, 7) is 2.27. The zero-order chi connectivity index (χ0) is 10.1. The molecule has 77 valence electrons. The van der Waals surface area contributed by atoms with Crippen molar-refractivity contribution in [3.8, 4) is 0 Å². The summed E-state index contributed by atoms with van der Waals surface area (Å²) in [6, 6.07) is 10.8. The Hall–Kier alpha value is -0.350. The van der Waals surface area contributed by atoms with Gasteiger partial charge in [-0.1, -0.05) is 62.9 Å². The molecule has 0 unspecified atom stereocenters. The van der Waals surface area contributed by atoms with E-state index in [4.69, 9.17) is 0 Å². The molecular formula is C13H20P. The van der Waals surface area contributed by atoms with Gasteiger partial charge in [-0.15, -0.1) is 0 Å². The van der Waals surface area contributed by atoms with Crippen molar-refractivity contribution in [2.45, 2.75) is 39.0 Å². The normalized spacial score (nSPS) is 11.2. The van der Waals surface area contributed by atoms with Crippen LogP contribution in [-0.4, -0.2) is 6.16 Å². The van der Waals surface area contributed by atoms with Gasteiger partial charge in [0.25, 0.3) is 0 Å². The first-order valence-corrected chi connectivity index (χ1v) is 6.74. The Kier molecular flexibility index (Phi) is 6.70. The molecule has 0 fully saturated rings. The third-order valence-corrected chi connectivity index (χ3v) is 3.52. The Morgan fingerprint density at radius 3 is 2.36 bits per heavy atom. The minimum absolute atomic E-state index is 1.33. The first-order chi connectivity index (χ1) is 6.93. The van der Waals surface area contributed by atoms with Gasteiger partial charge in [0, 0.05) is 0 Å². The van der Waals surface area contributed by atoms with Crippen molar-refractivity contribution in [1.82, 2.24) is 0 Å². The third-order valence-electron chi connectivity index (χ3n) is 2.31. The van der Waals surface area contributed by atoms with Crippen molar-refractivity contribution in [2.75, 3.05) is 6.16 Å². The predicted molar refractivity (Wildman–Crippen MR) is 66.6 cm³/mol. The number of benzene rings is 1. The predicted octanol–water partition coefficient (Wildman–Crippen LogP) is 4.23. The highest BCUT2D eigenvalue weighted by Gasteiger charge is 1.93. The standard InChI is InChI=1S/C13H20P/c1-2-3-4-5-9-12-14-13-10-7-6-8-11-13/h6-8,10-11H,2-5,9,12H2,1H3. The van der Waals surface area contributed by atoms with Crippen molar-refractivity contribution in [3.05, 3.63) is 30.3 Å². The maximum atomic E-state index is 2.27. The van der Waals surface area contributed by atoms with Crippen molar-refractivity contribution < 1.29 is 0 Å². The Balaban J connectivity index is 1.99. The average Bonchev–Trinajstić information content (AvgIpc) is 2.25. The molecule has 0 aliphatic carbocycles. The van der Waals surface area contributed by atoms with Gasteiger partial charge in [-0.25, -0.2) is 0 Å². The van der Waals surface area contributed by atoms with Crippen LogP contribution in [0.4, 0.5) is 0 Å². The van der Waals surface area contributed by atoms with Crippen molar-refractivity contribution in [1.29, 1.82) is 0 Å². The molecule has 0 aliphatic rings. The molecular weight excluding hydrogens is 187 g/mol. The lowest BCUT2D eigenvalue weighted by Gasteiger charge is -2.00. The van der Waals surface area contributed by atoms with Gasteiger partial charge in [0.15, 0.2) is 0 Å². The summed E-state index contributed by atoms with van der Waals surface area (Å²) in [5, 5.41) is 1.46. The molecule has 0 aromatic heterocycles. The van der Waals surface area contributed by atoms with Crippen LogP contribution in [0.25, 0.3) is 0 Å². The summed E-state index contributed by atoms with van der Waals surface area (Å²) >= 11 is 0. The maximum Gasteiger partial charge on any atom is -0.0193 e. The summed E-state index contributed by atoms with van der Waals surface area (Å²) in [6.07, 6.45) is 8.29. The molecule has 1 heteroatoms. The van der Waals surface area contributed by atoms with E-state index >= 15 is 0 Å². The van der Waals surface area contributed by atoms with Crippen molar-refractivity contribution in [3.63, 3.8) is 0 Å². The van der Waals surface area contributed by atoms with E-state index in [1.54, 1.807) is 0 Å². The Morgan fingerprint density at radius 2 is 1.64 bits per heavy atom. The monoisotopic (exact) mass is 207 g/mol. The fraction of sp³-hybridized carbons (Fsp3) is 0.538. The van der Waals surface area contributed by atoms with Crippen LogP contribution < -0.4 is 5.30 Å².